The highest BCUT2D eigenvalue weighted by Gasteiger charge is 2.53. The Morgan fingerprint density at radius 2 is 1.46 bits per heavy atom. The Labute approximate surface area is 224 Å². The summed E-state index contributed by atoms with van der Waals surface area (Å²) in [6, 6.07) is 6.47. The fraction of sp³-hybridized carbons (Fsp3) is 0.577. The predicted molar refractivity (Wildman–Crippen MR) is 128 cm³/mol. The second-order valence-electron chi connectivity index (χ2n) is 9.17. The molecule has 0 spiro atoms. The lowest BCUT2D eigenvalue weighted by molar-refractivity contribution is -0.283. The summed E-state index contributed by atoms with van der Waals surface area (Å²) in [6.45, 7) is 4.67. The average molecular weight is 553 g/mol. The lowest BCUT2D eigenvalue weighted by atomic mass is 9.94. The fourth-order valence-corrected chi connectivity index (χ4v) is 4.48. The zero-order valence-electron chi connectivity index (χ0n) is 22.2. The molecule has 0 aliphatic carbocycles. The minimum absolute atomic E-state index is 0.151. The van der Waals surface area contributed by atoms with E-state index in [1.807, 2.05) is 0 Å². The van der Waals surface area contributed by atoms with Gasteiger partial charge in [0, 0.05) is 46.3 Å². The van der Waals surface area contributed by atoms with Crippen molar-refractivity contribution in [3.8, 4) is 5.75 Å². The van der Waals surface area contributed by atoms with Crippen LogP contribution in [0.3, 0.4) is 0 Å². The molecular weight excluding hydrogens is 520 g/mol. The van der Waals surface area contributed by atoms with Gasteiger partial charge in [-0.2, -0.15) is 0 Å². The molecule has 2 fully saturated rings. The number of para-hydroxylation sites is 1. The third-order valence-electron chi connectivity index (χ3n) is 6.00. The Morgan fingerprint density at radius 1 is 0.872 bits per heavy atom. The van der Waals surface area contributed by atoms with Crippen molar-refractivity contribution in [2.75, 3.05) is 7.11 Å². The summed E-state index contributed by atoms with van der Waals surface area (Å²) in [5, 5.41) is 10.0. The van der Waals surface area contributed by atoms with Gasteiger partial charge >= 0.3 is 17.9 Å². The molecule has 1 aromatic carbocycles. The molecule has 0 unspecified atom stereocenters. The normalized spacial score (nSPS) is 30.7. The lowest BCUT2D eigenvalue weighted by Gasteiger charge is -2.44. The quantitative estimate of drug-likeness (QED) is 0.339. The van der Waals surface area contributed by atoms with Crippen LogP contribution in [0.4, 0.5) is 0 Å². The molecule has 8 atom stereocenters. The molecule has 214 valence electrons. The Balaban J connectivity index is 2.01. The second-order valence-corrected chi connectivity index (χ2v) is 9.17. The summed E-state index contributed by atoms with van der Waals surface area (Å²) in [4.78, 5) is 60.4. The van der Waals surface area contributed by atoms with Gasteiger partial charge in [0.15, 0.2) is 30.4 Å². The van der Waals surface area contributed by atoms with Gasteiger partial charge in [-0.15, -0.1) is 0 Å². The number of ketones is 2. The molecule has 3 rings (SSSR count). The van der Waals surface area contributed by atoms with Gasteiger partial charge in [0.2, 0.25) is 12.4 Å². The first-order valence-electron chi connectivity index (χ1n) is 12.2. The third-order valence-corrected chi connectivity index (χ3v) is 6.00. The zero-order chi connectivity index (χ0) is 28.9. The molecule has 1 aromatic rings. The predicted octanol–water partition coefficient (Wildman–Crippen LogP) is 0.928. The zero-order valence-corrected chi connectivity index (χ0v) is 22.2. The second kappa shape index (κ2) is 13.1. The van der Waals surface area contributed by atoms with E-state index in [1.54, 1.807) is 24.3 Å². The van der Waals surface area contributed by atoms with Crippen molar-refractivity contribution >= 4 is 29.5 Å². The number of rotatable bonds is 9. The monoisotopic (exact) mass is 552 g/mol. The van der Waals surface area contributed by atoms with Crippen LogP contribution in [-0.4, -0.2) is 84.8 Å². The van der Waals surface area contributed by atoms with Gasteiger partial charge in [-0.3, -0.25) is 24.0 Å². The number of carbonyl (C=O) groups is 5. The molecule has 0 radical (unpaired) electrons. The molecule has 1 N–H and O–H groups in total. The summed E-state index contributed by atoms with van der Waals surface area (Å²) < 4.78 is 39.2. The molecule has 2 saturated heterocycles. The number of carbonyl (C=O) groups excluding carboxylic acids is 5. The SMILES string of the molecule is CO[C@@H]1O[C@H](c2ccccc2O[C@@H]2O[C@H](CC(C)=O)[C@H](OC(C)=O)[C@H](OC(C)=O)[C@H]2OC(C)=O)CC(=O)[C@H]1O. The topological polar surface area (TPSA) is 170 Å². The molecule has 2 heterocycles. The molecule has 0 aromatic heterocycles. The molecule has 2 aliphatic heterocycles. The van der Waals surface area contributed by atoms with Crippen molar-refractivity contribution in [3.05, 3.63) is 29.8 Å². The van der Waals surface area contributed by atoms with E-state index in [9.17, 15) is 29.1 Å². The summed E-state index contributed by atoms with van der Waals surface area (Å²) >= 11 is 0. The third kappa shape index (κ3) is 7.60. The van der Waals surface area contributed by atoms with Gasteiger partial charge in [0.25, 0.3) is 0 Å². The molecule has 2 aliphatic rings. The van der Waals surface area contributed by atoms with E-state index >= 15 is 0 Å². The summed E-state index contributed by atoms with van der Waals surface area (Å²) in [5.74, 6) is -2.95. The van der Waals surface area contributed by atoms with E-state index in [2.05, 4.69) is 0 Å². The van der Waals surface area contributed by atoms with Crippen LogP contribution in [0.25, 0.3) is 0 Å². The molecule has 13 nitrogen and oxygen atoms in total. The van der Waals surface area contributed by atoms with Crippen LogP contribution >= 0.6 is 0 Å². The molecule has 39 heavy (non-hydrogen) atoms. The van der Waals surface area contributed by atoms with Crippen LogP contribution in [0, 0.1) is 0 Å². The van der Waals surface area contributed by atoms with E-state index in [1.165, 1.54) is 14.0 Å². The lowest BCUT2D eigenvalue weighted by Crippen LogP contribution is -2.63. The van der Waals surface area contributed by atoms with Crippen LogP contribution in [0.2, 0.25) is 0 Å². The maximum Gasteiger partial charge on any atom is 0.303 e. The molecule has 13 heteroatoms. The summed E-state index contributed by atoms with van der Waals surface area (Å²) in [7, 11) is 1.29. The van der Waals surface area contributed by atoms with E-state index in [0.717, 1.165) is 20.8 Å². The van der Waals surface area contributed by atoms with Crippen LogP contribution in [0.1, 0.15) is 52.2 Å². The number of aliphatic hydroxyl groups is 1. The van der Waals surface area contributed by atoms with Crippen LogP contribution in [0.15, 0.2) is 24.3 Å². The van der Waals surface area contributed by atoms with Gasteiger partial charge in [0.05, 0.1) is 6.10 Å². The van der Waals surface area contributed by atoms with Crippen molar-refractivity contribution < 1.29 is 62.2 Å². The van der Waals surface area contributed by atoms with E-state index < -0.39 is 72.9 Å². The van der Waals surface area contributed by atoms with E-state index in [4.69, 9.17) is 33.2 Å². The molecule has 0 amide bonds. The minimum Gasteiger partial charge on any atom is -0.460 e. The maximum atomic E-state index is 12.4. The first-order valence-corrected chi connectivity index (χ1v) is 12.2. The van der Waals surface area contributed by atoms with Crippen molar-refractivity contribution in [1.29, 1.82) is 0 Å². The highest BCUT2D eigenvalue weighted by Crippen LogP contribution is 2.38. The van der Waals surface area contributed by atoms with Crippen molar-refractivity contribution in [2.24, 2.45) is 0 Å². The van der Waals surface area contributed by atoms with Crippen molar-refractivity contribution in [1.82, 2.24) is 0 Å². The highest BCUT2D eigenvalue weighted by atomic mass is 16.7. The van der Waals surface area contributed by atoms with Crippen molar-refractivity contribution in [3.63, 3.8) is 0 Å². The summed E-state index contributed by atoms with van der Waals surface area (Å²) in [6.07, 6.45) is -10.6. The van der Waals surface area contributed by atoms with Gasteiger partial charge in [-0.1, -0.05) is 18.2 Å². The number of ether oxygens (including phenoxy) is 7. The average Bonchev–Trinajstić information content (AvgIpc) is 2.84. The number of aliphatic hydroxyl groups excluding tert-OH is 1. The standard InChI is InChI=1S/C26H32O13/c1-12(27)10-20-22(34-13(2)28)23(35-14(3)29)24(36-15(4)30)26(39-20)37-18-9-7-6-8-16(18)19-11-17(31)21(32)25(33-5)38-19/h6-9,19-26,32H,10-11H2,1-5H3/t19-,20+,21+,22-,23-,24+,25+,26+/m0/s1. The van der Waals surface area contributed by atoms with E-state index in [0.29, 0.717) is 5.56 Å². The first-order chi connectivity index (χ1) is 18.4. The van der Waals surface area contributed by atoms with Gasteiger partial charge in [0.1, 0.15) is 17.6 Å². The van der Waals surface area contributed by atoms with Crippen molar-refractivity contribution in [2.45, 2.75) is 89.7 Å². The summed E-state index contributed by atoms with van der Waals surface area (Å²) in [5.41, 5.74) is 0.388. The highest BCUT2D eigenvalue weighted by molar-refractivity contribution is 5.84. The van der Waals surface area contributed by atoms with Gasteiger partial charge in [-0.05, 0) is 13.0 Å². The fourth-order valence-electron chi connectivity index (χ4n) is 4.48. The largest absolute Gasteiger partial charge is 0.460 e. The Morgan fingerprint density at radius 3 is 2.05 bits per heavy atom. The number of benzene rings is 1. The first kappa shape index (κ1) is 30.2. The van der Waals surface area contributed by atoms with Gasteiger partial charge in [-0.25, -0.2) is 0 Å². The smallest absolute Gasteiger partial charge is 0.303 e. The number of Topliss-reactive ketones (excluding diaryl/α,β-unsaturated/α-hetero) is 2. The minimum atomic E-state index is -1.45. The van der Waals surface area contributed by atoms with E-state index in [-0.39, 0.29) is 24.4 Å². The Bertz CT molecular complexity index is 1090. The van der Waals surface area contributed by atoms with Gasteiger partial charge < -0.3 is 38.3 Å². The molecular formula is C26H32O13. The number of hydrogen-bond acceptors (Lipinski definition) is 13. The Kier molecular flexibility index (Phi) is 10.1. The van der Waals surface area contributed by atoms with Crippen LogP contribution < -0.4 is 4.74 Å². The molecule has 0 bridgehead atoms. The number of hydrogen-bond donors (Lipinski definition) is 1. The van der Waals surface area contributed by atoms with Crippen LogP contribution in [-0.2, 0) is 52.4 Å². The number of esters is 3. The van der Waals surface area contributed by atoms with Crippen LogP contribution in [0.5, 0.6) is 5.75 Å². The maximum absolute atomic E-state index is 12.4. The number of methoxy groups -OCH3 is 1. The Hall–Kier alpha value is -3.39. The molecule has 0 saturated carbocycles.